The largest absolute Gasteiger partial charge is 0.393 e. The van der Waals surface area contributed by atoms with Crippen LogP contribution in [0.5, 0.6) is 0 Å². The lowest BCUT2D eigenvalue weighted by Gasteiger charge is -2.27. The van der Waals surface area contributed by atoms with Crippen LogP contribution >= 0.6 is 11.3 Å². The molecule has 108 valence electrons. The minimum absolute atomic E-state index is 0.104. The van der Waals surface area contributed by atoms with Crippen molar-refractivity contribution in [1.29, 1.82) is 0 Å². The summed E-state index contributed by atoms with van der Waals surface area (Å²) in [6, 6.07) is 0. The molecule has 0 aromatic carbocycles. The first-order valence-electron chi connectivity index (χ1n) is 7.31. The molecular formula is C15H26N2OS. The van der Waals surface area contributed by atoms with Crippen LogP contribution < -0.4 is 5.32 Å². The molecule has 1 aliphatic rings. The first-order chi connectivity index (χ1) is 8.97. The Bertz CT molecular complexity index is 397. The average Bonchev–Trinajstić information content (AvgIpc) is 2.80. The summed E-state index contributed by atoms with van der Waals surface area (Å²) in [5.74, 6) is 0.434. The van der Waals surface area contributed by atoms with Crippen molar-refractivity contribution in [2.24, 2.45) is 5.92 Å². The minimum atomic E-state index is -0.104. The lowest BCUT2D eigenvalue weighted by Crippen LogP contribution is -2.33. The molecule has 4 heteroatoms. The fourth-order valence-corrected chi connectivity index (χ4v) is 3.48. The molecule has 3 nitrogen and oxygen atoms in total. The molecule has 1 fully saturated rings. The average molecular weight is 282 g/mol. The smallest absolute Gasteiger partial charge is 0.0981 e. The van der Waals surface area contributed by atoms with E-state index in [1.54, 1.807) is 11.3 Å². The van der Waals surface area contributed by atoms with Gasteiger partial charge in [0.25, 0.3) is 0 Å². The van der Waals surface area contributed by atoms with Crippen LogP contribution in [0.25, 0.3) is 0 Å². The first-order valence-corrected chi connectivity index (χ1v) is 8.12. The van der Waals surface area contributed by atoms with Gasteiger partial charge in [-0.15, -0.1) is 11.3 Å². The molecule has 0 spiro atoms. The maximum Gasteiger partial charge on any atom is 0.0981 e. The highest BCUT2D eigenvalue weighted by molar-refractivity contribution is 7.11. The van der Waals surface area contributed by atoms with Crippen LogP contribution in [0.4, 0.5) is 0 Å². The Labute approximate surface area is 120 Å². The summed E-state index contributed by atoms with van der Waals surface area (Å²) in [6.07, 6.45) is 6.45. The second-order valence-corrected chi connectivity index (χ2v) is 7.74. The van der Waals surface area contributed by atoms with Crippen molar-refractivity contribution in [3.63, 3.8) is 0 Å². The molecule has 2 unspecified atom stereocenters. The van der Waals surface area contributed by atoms with Crippen LogP contribution in [0.15, 0.2) is 6.20 Å². The molecule has 1 aromatic rings. The van der Waals surface area contributed by atoms with E-state index < -0.39 is 0 Å². The van der Waals surface area contributed by atoms with Crippen LogP contribution in [0.1, 0.15) is 56.3 Å². The van der Waals surface area contributed by atoms with Gasteiger partial charge in [0.2, 0.25) is 0 Å². The summed E-state index contributed by atoms with van der Waals surface area (Å²) >= 11 is 1.79. The van der Waals surface area contributed by atoms with Crippen LogP contribution in [0, 0.1) is 5.92 Å². The number of thiazole rings is 1. The lowest BCUT2D eigenvalue weighted by molar-refractivity contribution is 0.0695. The topological polar surface area (TPSA) is 45.2 Å². The van der Waals surface area contributed by atoms with E-state index in [0.717, 1.165) is 25.9 Å². The van der Waals surface area contributed by atoms with Crippen molar-refractivity contribution >= 4 is 11.3 Å². The van der Waals surface area contributed by atoms with Gasteiger partial charge >= 0.3 is 0 Å². The second-order valence-electron chi connectivity index (χ2n) is 6.62. The molecule has 2 N–H and O–H groups in total. The molecule has 0 amide bonds. The number of nitrogens with one attached hydrogen (secondary N) is 1. The van der Waals surface area contributed by atoms with Gasteiger partial charge in [-0.05, 0) is 18.8 Å². The highest BCUT2D eigenvalue weighted by Gasteiger charge is 2.22. The van der Waals surface area contributed by atoms with E-state index in [9.17, 15) is 5.11 Å². The van der Waals surface area contributed by atoms with Crippen molar-refractivity contribution in [1.82, 2.24) is 10.3 Å². The number of aromatic nitrogens is 1. The van der Waals surface area contributed by atoms with Crippen LogP contribution in [-0.4, -0.2) is 22.7 Å². The summed E-state index contributed by atoms with van der Waals surface area (Å²) in [4.78, 5) is 5.78. The monoisotopic (exact) mass is 282 g/mol. The molecule has 0 bridgehead atoms. The van der Waals surface area contributed by atoms with Gasteiger partial charge in [-0.25, -0.2) is 4.98 Å². The molecule has 0 radical (unpaired) electrons. The highest BCUT2D eigenvalue weighted by atomic mass is 32.1. The third-order valence-corrected chi connectivity index (χ3v) is 5.19. The Morgan fingerprint density at radius 1 is 1.37 bits per heavy atom. The van der Waals surface area contributed by atoms with E-state index >= 15 is 0 Å². The maximum absolute atomic E-state index is 9.93. The Balaban J connectivity index is 1.78. The van der Waals surface area contributed by atoms with Crippen molar-refractivity contribution in [3.05, 3.63) is 16.1 Å². The third kappa shape index (κ3) is 4.26. The summed E-state index contributed by atoms with van der Waals surface area (Å²) in [7, 11) is 0. The number of aliphatic hydroxyl groups excluding tert-OH is 1. The second kappa shape index (κ2) is 6.33. The zero-order valence-electron chi connectivity index (χ0n) is 12.3. The van der Waals surface area contributed by atoms with Gasteiger partial charge in [-0.2, -0.15) is 0 Å². The van der Waals surface area contributed by atoms with Crippen molar-refractivity contribution in [2.45, 2.75) is 64.5 Å². The molecule has 1 aromatic heterocycles. The fourth-order valence-electron chi connectivity index (χ4n) is 2.54. The third-order valence-electron chi connectivity index (χ3n) is 3.77. The molecule has 2 rings (SSSR count). The molecule has 1 saturated carbocycles. The summed E-state index contributed by atoms with van der Waals surface area (Å²) < 4.78 is 0. The summed E-state index contributed by atoms with van der Waals surface area (Å²) in [5, 5.41) is 14.6. The number of nitrogens with zero attached hydrogens (tertiary/aromatic N) is 1. The van der Waals surface area contributed by atoms with Crippen LogP contribution in [0.3, 0.4) is 0 Å². The number of hydrogen-bond acceptors (Lipinski definition) is 4. The quantitative estimate of drug-likeness (QED) is 0.892. The molecule has 0 aliphatic heterocycles. The van der Waals surface area contributed by atoms with Gasteiger partial charge in [-0.1, -0.05) is 33.6 Å². The van der Waals surface area contributed by atoms with Gasteiger partial charge in [0.15, 0.2) is 0 Å². The standard InChI is InChI=1S/C15H26N2OS/c1-15(2,3)14-17-10-12(19-14)9-16-8-11-6-4-5-7-13(11)18/h10-11,13,16,18H,4-9H2,1-3H3. The first kappa shape index (κ1) is 14.9. The zero-order chi connectivity index (χ0) is 13.9. The number of hydrogen-bond donors (Lipinski definition) is 2. The van der Waals surface area contributed by atoms with Gasteiger partial charge < -0.3 is 10.4 Å². The van der Waals surface area contributed by atoms with Gasteiger partial charge in [-0.3, -0.25) is 0 Å². The Morgan fingerprint density at radius 3 is 2.74 bits per heavy atom. The van der Waals surface area contributed by atoms with E-state index in [1.807, 2.05) is 6.20 Å². The van der Waals surface area contributed by atoms with Crippen LogP contribution in [-0.2, 0) is 12.0 Å². The molecule has 0 saturated heterocycles. The minimum Gasteiger partial charge on any atom is -0.393 e. The molecule has 1 aliphatic carbocycles. The van der Waals surface area contributed by atoms with Crippen LogP contribution in [0.2, 0.25) is 0 Å². The van der Waals surface area contributed by atoms with Crippen molar-refractivity contribution < 1.29 is 5.11 Å². The van der Waals surface area contributed by atoms with Gasteiger partial charge in [0.05, 0.1) is 11.1 Å². The van der Waals surface area contributed by atoms with E-state index in [-0.39, 0.29) is 11.5 Å². The molecular weight excluding hydrogens is 256 g/mol. The maximum atomic E-state index is 9.93. The fraction of sp³-hybridized carbons (Fsp3) is 0.800. The molecule has 1 heterocycles. The van der Waals surface area contributed by atoms with E-state index in [2.05, 4.69) is 31.1 Å². The Hall–Kier alpha value is -0.450. The highest BCUT2D eigenvalue weighted by Crippen LogP contribution is 2.27. The van der Waals surface area contributed by atoms with E-state index in [0.29, 0.717) is 5.92 Å². The number of aliphatic hydroxyl groups is 1. The summed E-state index contributed by atoms with van der Waals surface area (Å²) in [5.41, 5.74) is 0.141. The number of rotatable bonds is 4. The summed E-state index contributed by atoms with van der Waals surface area (Å²) in [6.45, 7) is 8.38. The Kier molecular flexibility index (Phi) is 4.98. The predicted molar refractivity (Wildman–Crippen MR) is 80.5 cm³/mol. The van der Waals surface area contributed by atoms with E-state index in [1.165, 1.54) is 22.7 Å². The zero-order valence-corrected chi connectivity index (χ0v) is 13.1. The van der Waals surface area contributed by atoms with Gasteiger partial charge in [0, 0.05) is 29.6 Å². The lowest BCUT2D eigenvalue weighted by atomic mass is 9.86. The normalized spacial score (nSPS) is 24.6. The predicted octanol–water partition coefficient (Wildman–Crippen LogP) is 3.08. The van der Waals surface area contributed by atoms with Gasteiger partial charge in [0.1, 0.15) is 0 Å². The molecule has 19 heavy (non-hydrogen) atoms. The molecule has 2 atom stereocenters. The van der Waals surface area contributed by atoms with Crippen molar-refractivity contribution in [2.75, 3.05) is 6.54 Å². The van der Waals surface area contributed by atoms with E-state index in [4.69, 9.17) is 0 Å². The Morgan fingerprint density at radius 2 is 2.11 bits per heavy atom. The SMILES string of the molecule is CC(C)(C)c1ncc(CNCC2CCCCC2O)s1. The van der Waals surface area contributed by atoms with Crippen molar-refractivity contribution in [3.8, 4) is 0 Å².